The van der Waals surface area contributed by atoms with Crippen molar-refractivity contribution in [2.24, 2.45) is 0 Å². The van der Waals surface area contributed by atoms with Gasteiger partial charge in [0.15, 0.2) is 0 Å². The first-order chi connectivity index (χ1) is 7.56. The third kappa shape index (κ3) is 1.62. The smallest absolute Gasteiger partial charge is 0.102 e. The van der Waals surface area contributed by atoms with Gasteiger partial charge in [0.25, 0.3) is 0 Å². The Balaban J connectivity index is 3.04. The lowest BCUT2D eigenvalue weighted by atomic mass is 10.1. The number of fused-ring (bicyclic) bond motifs is 1. The van der Waals surface area contributed by atoms with Gasteiger partial charge in [0.2, 0.25) is 0 Å². The monoisotopic (exact) mass is 270 g/mol. The number of nitriles is 1. The number of pyridine rings is 1. The average molecular weight is 272 g/mol. The van der Waals surface area contributed by atoms with Crippen molar-refractivity contribution in [2.45, 2.75) is 6.92 Å². The molecular formula is C11H5Cl3N2. The zero-order valence-corrected chi connectivity index (χ0v) is 10.5. The molecule has 80 valence electrons. The van der Waals surface area contributed by atoms with Gasteiger partial charge >= 0.3 is 0 Å². The van der Waals surface area contributed by atoms with Gasteiger partial charge in [-0.2, -0.15) is 5.26 Å². The van der Waals surface area contributed by atoms with Crippen molar-refractivity contribution in [1.82, 2.24) is 4.98 Å². The van der Waals surface area contributed by atoms with Gasteiger partial charge in [-0.3, -0.25) is 4.98 Å². The van der Waals surface area contributed by atoms with Gasteiger partial charge in [-0.15, -0.1) is 0 Å². The fraction of sp³-hybridized carbons (Fsp3) is 0.0909. The lowest BCUT2D eigenvalue weighted by molar-refractivity contribution is 1.36. The molecule has 0 aliphatic heterocycles. The Labute approximate surface area is 107 Å². The summed E-state index contributed by atoms with van der Waals surface area (Å²) in [5.74, 6) is 0. The average Bonchev–Trinajstić information content (AvgIpc) is 2.26. The zero-order valence-electron chi connectivity index (χ0n) is 8.18. The van der Waals surface area contributed by atoms with E-state index in [1.165, 1.54) is 6.20 Å². The highest BCUT2D eigenvalue weighted by Gasteiger charge is 2.14. The summed E-state index contributed by atoms with van der Waals surface area (Å²) < 4.78 is 0. The summed E-state index contributed by atoms with van der Waals surface area (Å²) in [6, 6.07) is 3.68. The molecule has 0 aliphatic carbocycles. The van der Waals surface area contributed by atoms with E-state index in [9.17, 15) is 0 Å². The molecule has 0 unspecified atom stereocenters. The van der Waals surface area contributed by atoms with Crippen LogP contribution in [0.4, 0.5) is 0 Å². The second-order valence-electron chi connectivity index (χ2n) is 3.31. The molecule has 2 aromatic rings. The lowest BCUT2D eigenvalue weighted by Crippen LogP contribution is -1.89. The summed E-state index contributed by atoms with van der Waals surface area (Å²) in [6.45, 7) is 1.82. The number of hydrogen-bond donors (Lipinski definition) is 0. The van der Waals surface area contributed by atoms with Crippen LogP contribution < -0.4 is 0 Å². The van der Waals surface area contributed by atoms with Crippen molar-refractivity contribution in [1.29, 1.82) is 5.26 Å². The second kappa shape index (κ2) is 4.10. The summed E-state index contributed by atoms with van der Waals surface area (Å²) in [4.78, 5) is 4.09. The number of rotatable bonds is 0. The van der Waals surface area contributed by atoms with Gasteiger partial charge < -0.3 is 0 Å². The van der Waals surface area contributed by atoms with Crippen molar-refractivity contribution < 1.29 is 0 Å². The fourth-order valence-electron chi connectivity index (χ4n) is 1.47. The molecule has 0 aliphatic rings. The van der Waals surface area contributed by atoms with E-state index in [1.54, 1.807) is 6.07 Å². The first-order valence-corrected chi connectivity index (χ1v) is 5.52. The molecule has 0 fully saturated rings. The molecule has 0 N–H and O–H groups in total. The normalized spacial score (nSPS) is 10.4. The standard InChI is InChI=1S/C11H5Cl3N2/c1-5-2-7(12)11-8(9(5)13)10(14)6(3-15)4-16-11/h2,4H,1H3. The minimum atomic E-state index is 0.290. The third-order valence-corrected chi connectivity index (χ3v) is 3.44. The Hall–Kier alpha value is -1.01. The van der Waals surface area contributed by atoms with Crippen LogP contribution in [0.2, 0.25) is 15.1 Å². The molecule has 0 spiro atoms. The van der Waals surface area contributed by atoms with Crippen molar-refractivity contribution in [3.05, 3.63) is 38.5 Å². The largest absolute Gasteiger partial charge is 0.253 e. The van der Waals surface area contributed by atoms with Crippen molar-refractivity contribution in [3.8, 4) is 6.07 Å². The van der Waals surface area contributed by atoms with Crippen LogP contribution in [0, 0.1) is 18.3 Å². The Morgan fingerprint density at radius 2 is 1.94 bits per heavy atom. The molecule has 2 rings (SSSR count). The molecule has 0 bridgehead atoms. The molecule has 1 heterocycles. The number of aromatic nitrogens is 1. The first kappa shape index (κ1) is 11.5. The Bertz CT molecular complexity index is 629. The zero-order chi connectivity index (χ0) is 11.9. The van der Waals surface area contributed by atoms with E-state index in [1.807, 2.05) is 13.0 Å². The number of nitrogens with zero attached hydrogens (tertiary/aromatic N) is 2. The van der Waals surface area contributed by atoms with E-state index >= 15 is 0 Å². The maximum Gasteiger partial charge on any atom is 0.102 e. The quantitative estimate of drug-likeness (QED) is 0.713. The topological polar surface area (TPSA) is 36.7 Å². The van der Waals surface area contributed by atoms with Crippen LogP contribution in [0.5, 0.6) is 0 Å². The molecule has 0 atom stereocenters. The van der Waals surface area contributed by atoms with Crippen LogP contribution in [0.3, 0.4) is 0 Å². The maximum absolute atomic E-state index is 8.86. The maximum atomic E-state index is 8.86. The summed E-state index contributed by atoms with van der Waals surface area (Å²) in [7, 11) is 0. The molecule has 2 nitrogen and oxygen atoms in total. The molecule has 0 saturated heterocycles. The molecule has 0 amide bonds. The number of hydrogen-bond acceptors (Lipinski definition) is 2. The summed E-state index contributed by atoms with van der Waals surface area (Å²) >= 11 is 18.3. The van der Waals surface area contributed by atoms with Crippen molar-refractivity contribution >= 4 is 45.7 Å². The van der Waals surface area contributed by atoms with Crippen LogP contribution in [0.15, 0.2) is 12.3 Å². The van der Waals surface area contributed by atoms with Crippen LogP contribution >= 0.6 is 34.8 Å². The van der Waals surface area contributed by atoms with E-state index < -0.39 is 0 Å². The Morgan fingerprint density at radius 1 is 1.25 bits per heavy atom. The van der Waals surface area contributed by atoms with Gasteiger partial charge in [-0.05, 0) is 18.6 Å². The molecule has 16 heavy (non-hydrogen) atoms. The van der Waals surface area contributed by atoms with Crippen LogP contribution in [0.1, 0.15) is 11.1 Å². The highest BCUT2D eigenvalue weighted by Crippen LogP contribution is 2.37. The third-order valence-electron chi connectivity index (χ3n) is 2.27. The van der Waals surface area contributed by atoms with Gasteiger partial charge in [-0.25, -0.2) is 0 Å². The number of benzene rings is 1. The van der Waals surface area contributed by atoms with E-state index in [4.69, 9.17) is 40.1 Å². The predicted octanol–water partition coefficient (Wildman–Crippen LogP) is 4.38. The molecule has 5 heteroatoms. The molecular weight excluding hydrogens is 266 g/mol. The first-order valence-electron chi connectivity index (χ1n) is 4.39. The lowest BCUT2D eigenvalue weighted by Gasteiger charge is -2.08. The van der Waals surface area contributed by atoms with Gasteiger partial charge in [0.1, 0.15) is 6.07 Å². The van der Waals surface area contributed by atoms with E-state index in [0.717, 1.165) is 5.56 Å². The van der Waals surface area contributed by atoms with Gasteiger partial charge in [0, 0.05) is 11.6 Å². The molecule has 1 aromatic heterocycles. The van der Waals surface area contributed by atoms with Crippen LogP contribution in [-0.4, -0.2) is 4.98 Å². The number of aryl methyl sites for hydroxylation is 1. The van der Waals surface area contributed by atoms with Gasteiger partial charge in [0.05, 0.1) is 26.1 Å². The summed E-state index contributed by atoms with van der Waals surface area (Å²) in [5, 5.41) is 10.6. The van der Waals surface area contributed by atoms with Crippen molar-refractivity contribution in [3.63, 3.8) is 0 Å². The second-order valence-corrected chi connectivity index (χ2v) is 4.47. The van der Waals surface area contributed by atoms with Crippen LogP contribution in [0.25, 0.3) is 10.9 Å². The fourth-order valence-corrected chi connectivity index (χ4v) is 2.34. The molecule has 0 saturated carbocycles. The summed E-state index contributed by atoms with van der Waals surface area (Å²) in [5.41, 5.74) is 1.61. The summed E-state index contributed by atoms with van der Waals surface area (Å²) in [6.07, 6.45) is 1.39. The predicted molar refractivity (Wildman–Crippen MR) is 66.2 cm³/mol. The van der Waals surface area contributed by atoms with Gasteiger partial charge in [-0.1, -0.05) is 34.8 Å². The van der Waals surface area contributed by atoms with E-state index in [-0.39, 0.29) is 5.56 Å². The molecule has 0 radical (unpaired) electrons. The van der Waals surface area contributed by atoms with Crippen LogP contribution in [-0.2, 0) is 0 Å². The minimum Gasteiger partial charge on any atom is -0.253 e. The SMILES string of the molecule is Cc1cc(Cl)c2ncc(C#N)c(Cl)c2c1Cl. The highest BCUT2D eigenvalue weighted by molar-refractivity contribution is 6.45. The Morgan fingerprint density at radius 3 is 2.56 bits per heavy atom. The highest BCUT2D eigenvalue weighted by atomic mass is 35.5. The van der Waals surface area contributed by atoms with E-state index in [0.29, 0.717) is 26.0 Å². The number of halogens is 3. The minimum absolute atomic E-state index is 0.290. The molecule has 1 aromatic carbocycles. The van der Waals surface area contributed by atoms with E-state index in [2.05, 4.69) is 4.98 Å². The Kier molecular flexibility index (Phi) is 2.94. The van der Waals surface area contributed by atoms with Crippen molar-refractivity contribution in [2.75, 3.05) is 0 Å².